The molecule has 23 heavy (non-hydrogen) atoms. The predicted molar refractivity (Wildman–Crippen MR) is 91.5 cm³/mol. The third kappa shape index (κ3) is 19.0. The molecule has 0 radical (unpaired) electrons. The Hall–Kier alpha value is -0.990. The molecule has 0 bridgehead atoms. The molecule has 5 N–H and O–H groups in total. The van der Waals surface area contributed by atoms with Gasteiger partial charge in [-0.3, -0.25) is 4.79 Å². The van der Waals surface area contributed by atoms with Crippen molar-refractivity contribution in [2.75, 3.05) is 31.3 Å². The minimum Gasteiger partial charge on any atom is -0.465 e. The third-order valence-corrected chi connectivity index (χ3v) is 4.06. The van der Waals surface area contributed by atoms with Crippen LogP contribution in [0.1, 0.15) is 46.0 Å². The fourth-order valence-electron chi connectivity index (χ4n) is 1.30. The molecule has 0 saturated carbocycles. The lowest BCUT2D eigenvalue weighted by Crippen LogP contribution is -2.32. The Morgan fingerprint density at radius 3 is 2.00 bits per heavy atom. The van der Waals surface area contributed by atoms with E-state index in [1.165, 1.54) is 24.3 Å². The number of nitrogens with two attached hydrogens (primary N) is 1. The molecule has 1 fully saturated rings. The van der Waals surface area contributed by atoms with Gasteiger partial charge in [0.05, 0.1) is 13.2 Å². The van der Waals surface area contributed by atoms with Gasteiger partial charge in [0, 0.05) is 11.8 Å². The van der Waals surface area contributed by atoms with Gasteiger partial charge in [-0.05, 0) is 30.8 Å². The van der Waals surface area contributed by atoms with Crippen LogP contribution in [0.4, 0.5) is 4.79 Å². The van der Waals surface area contributed by atoms with E-state index in [1.807, 2.05) is 6.92 Å². The molecule has 138 valence electrons. The quantitative estimate of drug-likeness (QED) is 0.514. The van der Waals surface area contributed by atoms with Gasteiger partial charge in [0.2, 0.25) is 0 Å². The van der Waals surface area contributed by atoms with E-state index in [0.717, 1.165) is 12.8 Å². The summed E-state index contributed by atoms with van der Waals surface area (Å²) in [5.41, 5.74) is 3.31. The zero-order valence-corrected chi connectivity index (χ0v) is 14.9. The highest BCUT2D eigenvalue weighted by molar-refractivity contribution is 7.99. The number of thioether (sulfide) groups is 1. The first kappa shape index (κ1) is 24.3. The zero-order chi connectivity index (χ0) is 18.1. The Morgan fingerprint density at radius 1 is 1.22 bits per heavy atom. The van der Waals surface area contributed by atoms with Crippen molar-refractivity contribution in [3.8, 4) is 0 Å². The molecule has 0 aromatic heterocycles. The van der Waals surface area contributed by atoms with Crippen molar-refractivity contribution in [2.24, 2.45) is 11.1 Å². The average molecular weight is 353 g/mol. The molecular formula is C15H31NO6S. The number of unbranched alkanes of at least 4 members (excludes halogenated alkanes) is 1. The number of aliphatic hydroxyl groups excluding tert-OH is 2. The van der Waals surface area contributed by atoms with Crippen molar-refractivity contribution in [2.45, 2.75) is 46.0 Å². The number of carbonyl (C=O) groups excluding carboxylic acids is 1. The van der Waals surface area contributed by atoms with E-state index < -0.39 is 11.5 Å². The molecule has 1 heterocycles. The van der Waals surface area contributed by atoms with E-state index in [4.69, 9.17) is 24.9 Å². The van der Waals surface area contributed by atoms with Crippen LogP contribution < -0.4 is 5.73 Å². The van der Waals surface area contributed by atoms with Crippen LogP contribution in [0.3, 0.4) is 0 Å². The van der Waals surface area contributed by atoms with Crippen molar-refractivity contribution >= 4 is 23.8 Å². The second-order valence-corrected chi connectivity index (χ2v) is 6.77. The van der Waals surface area contributed by atoms with Crippen LogP contribution in [0.25, 0.3) is 0 Å². The summed E-state index contributed by atoms with van der Waals surface area (Å²) in [5.74, 6) is 2.57. The van der Waals surface area contributed by atoms with Crippen LogP contribution in [-0.4, -0.2) is 58.7 Å². The van der Waals surface area contributed by atoms with E-state index >= 15 is 0 Å². The highest BCUT2D eigenvalue weighted by atomic mass is 32.2. The SMILES string of the molecule is C1CCSC1.CCCCC(=O)OCC(C)(CO)CO.NC(=O)O. The van der Waals surface area contributed by atoms with Crippen LogP contribution in [0.15, 0.2) is 0 Å². The standard InChI is InChI=1S/C10H20O4.C4H8S.CH3NO2/c1-3-4-5-9(13)14-8-10(2,6-11)7-12;1-2-4-5-3-1;2-1(3)4/h11-12H,3-8H2,1-2H3;1-4H2;2H2,(H,3,4). The zero-order valence-electron chi connectivity index (χ0n) is 14.1. The molecule has 0 unspecified atom stereocenters. The molecule has 0 aromatic rings. The smallest absolute Gasteiger partial charge is 0.402 e. The Kier molecular flexibility index (Phi) is 16.8. The number of rotatable bonds is 7. The first-order valence-corrected chi connectivity index (χ1v) is 8.90. The van der Waals surface area contributed by atoms with Crippen LogP contribution in [0.5, 0.6) is 0 Å². The van der Waals surface area contributed by atoms with Gasteiger partial charge in [-0.2, -0.15) is 11.8 Å². The maximum Gasteiger partial charge on any atom is 0.402 e. The summed E-state index contributed by atoms with van der Waals surface area (Å²) in [6, 6.07) is 0. The van der Waals surface area contributed by atoms with Crippen LogP contribution in [0, 0.1) is 5.41 Å². The minimum atomic E-state index is -1.33. The Balaban J connectivity index is 0. The normalized spacial score (nSPS) is 13.2. The fourth-order valence-corrected chi connectivity index (χ4v) is 2.32. The van der Waals surface area contributed by atoms with E-state index in [9.17, 15) is 4.79 Å². The molecule has 8 heteroatoms. The second-order valence-electron chi connectivity index (χ2n) is 5.55. The lowest BCUT2D eigenvalue weighted by Gasteiger charge is -2.23. The summed E-state index contributed by atoms with van der Waals surface area (Å²) in [5, 5.41) is 25.0. The van der Waals surface area contributed by atoms with Crippen molar-refractivity contribution in [1.82, 2.24) is 0 Å². The highest BCUT2D eigenvalue weighted by Gasteiger charge is 2.24. The fraction of sp³-hybridized carbons (Fsp3) is 0.867. The Labute approximate surface area is 142 Å². The van der Waals surface area contributed by atoms with Gasteiger partial charge in [0.1, 0.15) is 6.61 Å². The van der Waals surface area contributed by atoms with Crippen LogP contribution >= 0.6 is 11.8 Å². The first-order chi connectivity index (χ1) is 10.8. The topological polar surface area (TPSA) is 130 Å². The molecule has 0 aliphatic carbocycles. The van der Waals surface area contributed by atoms with Crippen molar-refractivity contribution in [3.05, 3.63) is 0 Å². The minimum absolute atomic E-state index is 0.0720. The number of ether oxygens (including phenoxy) is 1. The molecule has 1 amide bonds. The summed E-state index contributed by atoms with van der Waals surface area (Å²) >= 11 is 2.07. The van der Waals surface area contributed by atoms with Gasteiger partial charge in [0.15, 0.2) is 0 Å². The number of hydrogen-bond donors (Lipinski definition) is 4. The number of aliphatic hydroxyl groups is 2. The lowest BCUT2D eigenvalue weighted by molar-refractivity contribution is -0.149. The number of carboxylic acid groups (broad SMARTS) is 1. The molecule has 0 spiro atoms. The molecular weight excluding hydrogens is 322 g/mol. The molecule has 1 rings (SSSR count). The number of hydrogen-bond acceptors (Lipinski definition) is 6. The predicted octanol–water partition coefficient (Wildman–Crippen LogP) is 1.85. The van der Waals surface area contributed by atoms with Crippen molar-refractivity contribution < 1.29 is 29.6 Å². The van der Waals surface area contributed by atoms with E-state index in [0.29, 0.717) is 6.42 Å². The van der Waals surface area contributed by atoms with Crippen molar-refractivity contribution in [3.63, 3.8) is 0 Å². The van der Waals surface area contributed by atoms with Gasteiger partial charge in [0.25, 0.3) is 0 Å². The van der Waals surface area contributed by atoms with Gasteiger partial charge in [-0.25, -0.2) is 4.79 Å². The van der Waals surface area contributed by atoms with Gasteiger partial charge < -0.3 is 25.8 Å². The van der Waals surface area contributed by atoms with Gasteiger partial charge >= 0.3 is 12.1 Å². The molecule has 1 aliphatic rings. The second kappa shape index (κ2) is 15.9. The summed E-state index contributed by atoms with van der Waals surface area (Å²) < 4.78 is 4.93. The molecule has 0 atom stereocenters. The number of carbonyl (C=O) groups is 2. The number of esters is 1. The number of primary amides is 1. The molecule has 7 nitrogen and oxygen atoms in total. The van der Waals surface area contributed by atoms with Crippen LogP contribution in [0.2, 0.25) is 0 Å². The average Bonchev–Trinajstić information content (AvgIpc) is 3.09. The summed E-state index contributed by atoms with van der Waals surface area (Å²) in [6.45, 7) is 3.36. The Bertz CT molecular complexity index is 295. The Morgan fingerprint density at radius 2 is 1.70 bits per heavy atom. The largest absolute Gasteiger partial charge is 0.465 e. The molecule has 1 aliphatic heterocycles. The lowest BCUT2D eigenvalue weighted by atomic mass is 9.94. The van der Waals surface area contributed by atoms with E-state index in [-0.39, 0.29) is 25.8 Å². The van der Waals surface area contributed by atoms with E-state index in [1.54, 1.807) is 6.92 Å². The summed E-state index contributed by atoms with van der Waals surface area (Å²) in [6.07, 6.45) is 3.76. The maximum absolute atomic E-state index is 11.1. The summed E-state index contributed by atoms with van der Waals surface area (Å²) in [7, 11) is 0. The monoisotopic (exact) mass is 353 g/mol. The summed E-state index contributed by atoms with van der Waals surface area (Å²) in [4.78, 5) is 19.9. The molecule has 0 aromatic carbocycles. The first-order valence-electron chi connectivity index (χ1n) is 7.74. The third-order valence-electron chi connectivity index (χ3n) is 2.91. The molecule has 1 saturated heterocycles. The highest BCUT2D eigenvalue weighted by Crippen LogP contribution is 2.15. The van der Waals surface area contributed by atoms with E-state index in [2.05, 4.69) is 17.5 Å². The van der Waals surface area contributed by atoms with Gasteiger partial charge in [-0.15, -0.1) is 0 Å². The van der Waals surface area contributed by atoms with Crippen molar-refractivity contribution in [1.29, 1.82) is 0 Å². The van der Waals surface area contributed by atoms with Crippen LogP contribution in [-0.2, 0) is 9.53 Å². The number of amides is 1. The maximum atomic E-state index is 11.1. The van der Waals surface area contributed by atoms with Gasteiger partial charge in [-0.1, -0.05) is 20.3 Å².